The van der Waals surface area contributed by atoms with Crippen LogP contribution in [0.2, 0.25) is 0 Å². The predicted molar refractivity (Wildman–Crippen MR) is 112 cm³/mol. The first-order valence-corrected chi connectivity index (χ1v) is 13.3. The number of hydrogen-bond donors (Lipinski definition) is 1. The van der Waals surface area contributed by atoms with Crippen molar-refractivity contribution < 1.29 is 62.8 Å². The molecule has 15 heteroatoms. The molecule has 37 heavy (non-hydrogen) atoms. The zero-order chi connectivity index (χ0) is 28.2. The highest BCUT2D eigenvalue weighted by molar-refractivity contribution is 7.87. The summed E-state index contributed by atoms with van der Waals surface area (Å²) >= 11 is 0. The Balaban J connectivity index is 1.82. The van der Waals surface area contributed by atoms with Gasteiger partial charge in [-0.2, -0.15) is 39.2 Å². The van der Waals surface area contributed by atoms with Gasteiger partial charge in [-0.05, 0) is 62.7 Å². The summed E-state index contributed by atoms with van der Waals surface area (Å²) in [6.07, 6.45) is -5.55. The lowest BCUT2D eigenvalue weighted by Crippen LogP contribution is -2.61. The smallest absolute Gasteiger partial charge is 0.416 e. The van der Waals surface area contributed by atoms with E-state index in [1.165, 1.54) is 0 Å². The van der Waals surface area contributed by atoms with Crippen molar-refractivity contribution >= 4 is 21.9 Å². The molecule has 4 rings (SSSR count). The van der Waals surface area contributed by atoms with Crippen LogP contribution in [0.1, 0.15) is 65.2 Å². The standard InChI is InChI=1S/C22H29F7O7S/c1-12(2)16(30)20(21(25,26)27,35-5-3-4-19(23,24)22(28,29)37(32,33)34)36-17(31)18-9-13-6-14(10-18)8-15(7-13)11-18/h12-15H,3-11H2,1-2H3,(H,32,33,34). The van der Waals surface area contributed by atoms with Crippen LogP contribution in [-0.4, -0.2) is 54.5 Å². The molecule has 0 aromatic carbocycles. The number of ether oxygens (including phenoxy) is 2. The van der Waals surface area contributed by atoms with E-state index in [4.69, 9.17) is 9.29 Å². The van der Waals surface area contributed by atoms with E-state index in [9.17, 15) is 48.7 Å². The van der Waals surface area contributed by atoms with Crippen molar-refractivity contribution in [3.8, 4) is 0 Å². The van der Waals surface area contributed by atoms with Gasteiger partial charge in [0.05, 0.1) is 12.0 Å². The topological polar surface area (TPSA) is 107 Å². The number of carbonyl (C=O) groups excluding carboxylic acids is 2. The van der Waals surface area contributed by atoms with Gasteiger partial charge < -0.3 is 9.47 Å². The van der Waals surface area contributed by atoms with Crippen LogP contribution in [-0.2, 0) is 29.2 Å². The molecule has 0 heterocycles. The first kappa shape index (κ1) is 30.1. The molecule has 214 valence electrons. The van der Waals surface area contributed by atoms with Crippen molar-refractivity contribution in [3.63, 3.8) is 0 Å². The summed E-state index contributed by atoms with van der Waals surface area (Å²) in [5, 5.41) is -5.92. The summed E-state index contributed by atoms with van der Waals surface area (Å²) in [7, 11) is -6.54. The van der Waals surface area contributed by atoms with Crippen molar-refractivity contribution in [3.05, 3.63) is 0 Å². The van der Waals surface area contributed by atoms with Crippen LogP contribution in [0.4, 0.5) is 30.7 Å². The maximum Gasteiger partial charge on any atom is 0.463 e. The lowest BCUT2D eigenvalue weighted by atomic mass is 9.49. The van der Waals surface area contributed by atoms with Crippen molar-refractivity contribution in [2.24, 2.45) is 29.1 Å². The molecule has 4 saturated carbocycles. The van der Waals surface area contributed by atoms with Crippen molar-refractivity contribution in [1.82, 2.24) is 0 Å². The Labute approximate surface area is 209 Å². The third kappa shape index (κ3) is 5.36. The van der Waals surface area contributed by atoms with Gasteiger partial charge in [0, 0.05) is 12.3 Å². The number of carbonyl (C=O) groups is 2. The number of rotatable bonds is 11. The third-order valence-corrected chi connectivity index (χ3v) is 8.57. The summed E-state index contributed by atoms with van der Waals surface area (Å²) in [5.41, 5.74) is -1.24. The average Bonchev–Trinajstić information content (AvgIpc) is 2.72. The van der Waals surface area contributed by atoms with Gasteiger partial charge >= 0.3 is 39.2 Å². The lowest BCUT2D eigenvalue weighted by molar-refractivity contribution is -0.352. The third-order valence-electron chi connectivity index (χ3n) is 7.62. The van der Waals surface area contributed by atoms with Crippen molar-refractivity contribution in [2.75, 3.05) is 6.61 Å². The number of halogens is 7. The molecule has 1 atom stereocenters. The van der Waals surface area contributed by atoms with E-state index in [0.717, 1.165) is 33.1 Å². The van der Waals surface area contributed by atoms with E-state index >= 15 is 0 Å². The second-order valence-electron chi connectivity index (χ2n) is 10.9. The first-order valence-electron chi connectivity index (χ1n) is 11.9. The van der Waals surface area contributed by atoms with E-state index in [2.05, 4.69) is 4.74 Å². The summed E-state index contributed by atoms with van der Waals surface area (Å²) in [6, 6.07) is 0. The van der Waals surface area contributed by atoms with Gasteiger partial charge in [-0.1, -0.05) is 13.8 Å². The minimum atomic E-state index is -6.54. The molecule has 4 fully saturated rings. The van der Waals surface area contributed by atoms with Crippen molar-refractivity contribution in [2.45, 2.75) is 88.4 Å². The molecule has 4 aliphatic carbocycles. The maximum absolute atomic E-state index is 14.3. The Morgan fingerprint density at radius 3 is 1.78 bits per heavy atom. The van der Waals surface area contributed by atoms with E-state index in [1.54, 1.807) is 0 Å². The molecule has 4 aliphatic rings. The average molecular weight is 571 g/mol. The maximum atomic E-state index is 14.3. The van der Waals surface area contributed by atoms with Gasteiger partial charge in [-0.25, -0.2) is 0 Å². The molecule has 0 spiro atoms. The quantitative estimate of drug-likeness (QED) is 0.121. The molecule has 0 radical (unpaired) electrons. The minimum Gasteiger partial charge on any atom is -0.416 e. The predicted octanol–water partition coefficient (Wildman–Crippen LogP) is 5.14. The summed E-state index contributed by atoms with van der Waals surface area (Å²) in [4.78, 5) is 26.0. The van der Waals surface area contributed by atoms with Crippen molar-refractivity contribution in [1.29, 1.82) is 0 Å². The molecule has 0 amide bonds. The highest BCUT2D eigenvalue weighted by Crippen LogP contribution is 2.61. The van der Waals surface area contributed by atoms with Gasteiger partial charge in [0.1, 0.15) is 0 Å². The Hall–Kier alpha value is -1.48. The van der Waals surface area contributed by atoms with E-state index in [-0.39, 0.29) is 17.8 Å². The molecule has 4 bridgehead atoms. The Morgan fingerprint density at radius 2 is 1.41 bits per heavy atom. The molecule has 1 unspecified atom stereocenters. The number of Topliss-reactive ketones (excluding diaryl/α,β-unsaturated/α-hetero) is 1. The van der Waals surface area contributed by atoms with E-state index in [1.807, 2.05) is 0 Å². The van der Waals surface area contributed by atoms with Crippen LogP contribution >= 0.6 is 0 Å². The van der Waals surface area contributed by atoms with Crippen LogP contribution < -0.4 is 0 Å². The SMILES string of the molecule is CC(C)C(=O)C(OCCCC(F)(F)C(F)(F)S(=O)(=O)O)(OC(=O)C12CC3CC(CC(C3)C1)C2)C(F)(F)F. The van der Waals surface area contributed by atoms with E-state index < -0.39 is 75.8 Å². The fourth-order valence-electron chi connectivity index (χ4n) is 6.25. The summed E-state index contributed by atoms with van der Waals surface area (Å²) in [5.74, 6) is -13.5. The summed E-state index contributed by atoms with van der Waals surface area (Å²) < 4.78 is 136. The van der Waals surface area contributed by atoms with Gasteiger partial charge in [0.25, 0.3) is 0 Å². The van der Waals surface area contributed by atoms with Crippen LogP contribution in [0, 0.1) is 29.1 Å². The van der Waals surface area contributed by atoms with Gasteiger partial charge in [0.2, 0.25) is 5.78 Å². The highest BCUT2D eigenvalue weighted by atomic mass is 32.2. The molecular formula is C22H29F7O7S. The summed E-state index contributed by atoms with van der Waals surface area (Å²) in [6.45, 7) is 0.736. The fourth-order valence-corrected chi connectivity index (χ4v) is 6.73. The van der Waals surface area contributed by atoms with Crippen LogP contribution in [0.15, 0.2) is 0 Å². The molecule has 0 saturated heterocycles. The van der Waals surface area contributed by atoms with Gasteiger partial charge in [-0.3, -0.25) is 14.1 Å². The molecular weight excluding hydrogens is 541 g/mol. The number of hydrogen-bond acceptors (Lipinski definition) is 6. The zero-order valence-corrected chi connectivity index (χ0v) is 20.9. The number of ketones is 1. The monoisotopic (exact) mass is 570 g/mol. The first-order chi connectivity index (χ1) is 16.7. The Kier molecular flexibility index (Phi) is 7.81. The molecule has 0 aromatic heterocycles. The fraction of sp³-hybridized carbons (Fsp3) is 0.909. The highest BCUT2D eigenvalue weighted by Gasteiger charge is 2.69. The Morgan fingerprint density at radius 1 is 0.946 bits per heavy atom. The number of alkyl halides is 7. The van der Waals surface area contributed by atoms with Crippen LogP contribution in [0.25, 0.3) is 0 Å². The number of esters is 1. The Bertz CT molecular complexity index is 974. The molecule has 0 aliphatic heterocycles. The second kappa shape index (κ2) is 9.61. The molecule has 0 aromatic rings. The van der Waals surface area contributed by atoms with Gasteiger partial charge in [-0.15, -0.1) is 0 Å². The van der Waals surface area contributed by atoms with Crippen LogP contribution in [0.3, 0.4) is 0 Å². The van der Waals surface area contributed by atoms with E-state index in [0.29, 0.717) is 19.3 Å². The molecule has 1 N–H and O–H groups in total. The largest absolute Gasteiger partial charge is 0.463 e. The second-order valence-corrected chi connectivity index (χ2v) is 12.3. The lowest BCUT2D eigenvalue weighted by Gasteiger charge is -2.55. The zero-order valence-electron chi connectivity index (χ0n) is 20.1. The van der Waals surface area contributed by atoms with Gasteiger partial charge in [0.15, 0.2) is 0 Å². The normalized spacial score (nSPS) is 29.9. The minimum absolute atomic E-state index is 0.132. The molecule has 7 nitrogen and oxygen atoms in total. The van der Waals surface area contributed by atoms with Crippen LogP contribution in [0.5, 0.6) is 0 Å².